The van der Waals surface area contributed by atoms with Crippen LogP contribution in [-0.4, -0.2) is 12.6 Å². The molecule has 20 heavy (non-hydrogen) atoms. The lowest BCUT2D eigenvalue weighted by Gasteiger charge is -2.13. The number of para-hydroxylation sites is 1. The first kappa shape index (κ1) is 14.4. The van der Waals surface area contributed by atoms with Crippen LogP contribution in [0.3, 0.4) is 0 Å². The predicted molar refractivity (Wildman–Crippen MR) is 69.0 cm³/mol. The molecule has 0 aliphatic carbocycles. The van der Waals surface area contributed by atoms with E-state index in [9.17, 15) is 18.0 Å². The first-order valence-electron chi connectivity index (χ1n) is 5.50. The quantitative estimate of drug-likeness (QED) is 0.767. The summed E-state index contributed by atoms with van der Waals surface area (Å²) in [6.45, 7) is 0. The summed E-state index contributed by atoms with van der Waals surface area (Å²) in [4.78, 5) is 10.8. The van der Waals surface area contributed by atoms with E-state index in [2.05, 4.69) is 4.74 Å². The lowest BCUT2D eigenvalue weighted by atomic mass is 10.0. The minimum absolute atomic E-state index is 0.204. The molecule has 0 bridgehead atoms. The van der Waals surface area contributed by atoms with Gasteiger partial charge in [-0.05, 0) is 29.8 Å². The monoisotopic (exact) mass is 300 g/mol. The van der Waals surface area contributed by atoms with Crippen LogP contribution >= 0.6 is 11.6 Å². The van der Waals surface area contributed by atoms with Gasteiger partial charge in [-0.2, -0.15) is 0 Å². The van der Waals surface area contributed by atoms with Crippen molar-refractivity contribution in [3.8, 4) is 16.9 Å². The van der Waals surface area contributed by atoms with Gasteiger partial charge in [0.25, 0.3) is 0 Å². The van der Waals surface area contributed by atoms with Crippen LogP contribution in [0.2, 0.25) is 5.02 Å². The number of hydrogen-bond donors (Lipinski definition) is 0. The number of aldehydes is 1. The van der Waals surface area contributed by atoms with Crippen molar-refractivity contribution >= 4 is 17.9 Å². The van der Waals surface area contributed by atoms with Crippen LogP contribution in [-0.2, 0) is 0 Å². The van der Waals surface area contributed by atoms with Gasteiger partial charge in [0, 0.05) is 16.1 Å². The molecule has 0 spiro atoms. The lowest BCUT2D eigenvalue weighted by Crippen LogP contribution is -2.17. The van der Waals surface area contributed by atoms with Crippen molar-refractivity contribution in [1.82, 2.24) is 0 Å². The molecule has 0 fully saturated rings. The third-order valence-electron chi connectivity index (χ3n) is 2.48. The molecule has 2 aromatic rings. The predicted octanol–water partition coefficient (Wildman–Crippen LogP) is 4.72. The summed E-state index contributed by atoms with van der Waals surface area (Å²) in [6, 6.07) is 9.98. The average molecular weight is 301 g/mol. The molecule has 6 heteroatoms. The molecule has 2 aromatic carbocycles. The maximum absolute atomic E-state index is 12.4. The van der Waals surface area contributed by atoms with Crippen molar-refractivity contribution in [2.45, 2.75) is 6.36 Å². The number of carbonyl (C=O) groups excluding carboxylic acids is 1. The van der Waals surface area contributed by atoms with Crippen molar-refractivity contribution < 1.29 is 22.7 Å². The van der Waals surface area contributed by atoms with Crippen molar-refractivity contribution in [3.05, 3.63) is 53.1 Å². The van der Waals surface area contributed by atoms with Gasteiger partial charge in [0.05, 0.1) is 0 Å². The van der Waals surface area contributed by atoms with Crippen LogP contribution < -0.4 is 4.74 Å². The van der Waals surface area contributed by atoms with E-state index in [1.807, 2.05) is 0 Å². The molecular formula is C14H8ClF3O2. The third-order valence-corrected chi connectivity index (χ3v) is 2.70. The van der Waals surface area contributed by atoms with Gasteiger partial charge in [-0.3, -0.25) is 4.79 Å². The molecule has 0 radical (unpaired) electrons. The summed E-state index contributed by atoms with van der Waals surface area (Å²) in [5.41, 5.74) is 0.851. The summed E-state index contributed by atoms with van der Waals surface area (Å²) in [5.74, 6) is -0.348. The van der Waals surface area contributed by atoms with Gasteiger partial charge in [-0.25, -0.2) is 0 Å². The Hall–Kier alpha value is -2.01. The Morgan fingerprint density at radius 3 is 2.45 bits per heavy atom. The largest absolute Gasteiger partial charge is 0.573 e. The molecule has 2 nitrogen and oxygen atoms in total. The minimum Gasteiger partial charge on any atom is -0.405 e. The summed E-state index contributed by atoms with van der Waals surface area (Å²) >= 11 is 5.84. The van der Waals surface area contributed by atoms with Crippen molar-refractivity contribution in [1.29, 1.82) is 0 Å². The molecule has 2 rings (SSSR count). The number of ether oxygens (including phenoxy) is 1. The van der Waals surface area contributed by atoms with Crippen LogP contribution in [0.4, 0.5) is 13.2 Å². The number of alkyl halides is 3. The van der Waals surface area contributed by atoms with Crippen molar-refractivity contribution in [2.24, 2.45) is 0 Å². The highest BCUT2D eigenvalue weighted by atomic mass is 35.5. The Labute approximate surface area is 117 Å². The second kappa shape index (κ2) is 5.54. The Balaban J connectivity index is 2.52. The van der Waals surface area contributed by atoms with Crippen LogP contribution in [0.1, 0.15) is 10.4 Å². The molecule has 104 valence electrons. The van der Waals surface area contributed by atoms with Gasteiger partial charge in [0.15, 0.2) is 0 Å². The van der Waals surface area contributed by atoms with Crippen LogP contribution in [0.5, 0.6) is 5.75 Å². The van der Waals surface area contributed by atoms with E-state index >= 15 is 0 Å². The third kappa shape index (κ3) is 3.51. The molecule has 0 atom stereocenters. The van der Waals surface area contributed by atoms with Crippen molar-refractivity contribution in [2.75, 3.05) is 0 Å². The van der Waals surface area contributed by atoms with Gasteiger partial charge >= 0.3 is 6.36 Å². The fourth-order valence-electron chi connectivity index (χ4n) is 1.75. The second-order valence-electron chi connectivity index (χ2n) is 3.94. The molecule has 0 heterocycles. The fraction of sp³-hybridized carbons (Fsp3) is 0.0714. The number of halogens is 4. The topological polar surface area (TPSA) is 26.3 Å². The summed E-state index contributed by atoms with van der Waals surface area (Å²) in [5, 5.41) is 0.256. The van der Waals surface area contributed by atoms with Crippen LogP contribution in [0.15, 0.2) is 42.5 Å². The van der Waals surface area contributed by atoms with E-state index in [-0.39, 0.29) is 21.9 Å². The van der Waals surface area contributed by atoms with E-state index < -0.39 is 6.36 Å². The molecular weight excluding hydrogens is 293 g/mol. The minimum atomic E-state index is -4.79. The van der Waals surface area contributed by atoms with E-state index in [1.54, 1.807) is 6.07 Å². The number of rotatable bonds is 3. The van der Waals surface area contributed by atoms with Gasteiger partial charge in [-0.1, -0.05) is 29.8 Å². The maximum Gasteiger partial charge on any atom is 0.573 e. The lowest BCUT2D eigenvalue weighted by molar-refractivity contribution is -0.274. The van der Waals surface area contributed by atoms with Crippen LogP contribution in [0.25, 0.3) is 11.1 Å². The first-order chi connectivity index (χ1) is 9.39. The Kier molecular flexibility index (Phi) is 3.99. The van der Waals surface area contributed by atoms with Crippen LogP contribution in [0, 0.1) is 0 Å². The molecule has 0 amide bonds. The van der Waals surface area contributed by atoms with Crippen molar-refractivity contribution in [3.63, 3.8) is 0 Å². The maximum atomic E-state index is 12.4. The zero-order chi connectivity index (χ0) is 14.8. The van der Waals surface area contributed by atoms with E-state index in [0.29, 0.717) is 11.8 Å². The molecule has 0 saturated heterocycles. The summed E-state index contributed by atoms with van der Waals surface area (Å²) < 4.78 is 41.0. The zero-order valence-electron chi connectivity index (χ0n) is 9.95. The Morgan fingerprint density at radius 1 is 1.10 bits per heavy atom. The molecule has 0 saturated carbocycles. The Bertz CT molecular complexity index is 639. The normalized spacial score (nSPS) is 11.2. The van der Waals surface area contributed by atoms with Gasteiger partial charge in [0.1, 0.15) is 12.0 Å². The first-order valence-corrected chi connectivity index (χ1v) is 5.88. The molecule has 0 aromatic heterocycles. The summed E-state index contributed by atoms with van der Waals surface area (Å²) in [7, 11) is 0. The van der Waals surface area contributed by atoms with Gasteiger partial charge in [-0.15, -0.1) is 13.2 Å². The number of carbonyl (C=O) groups is 1. The molecule has 0 aliphatic rings. The standard InChI is InChI=1S/C14H8ClF3O2/c15-11-6-9(8-19)5-10(7-11)12-3-1-2-4-13(12)20-14(16,17)18/h1-8H. The number of hydrogen-bond acceptors (Lipinski definition) is 2. The Morgan fingerprint density at radius 2 is 1.80 bits per heavy atom. The van der Waals surface area contributed by atoms with E-state index in [4.69, 9.17) is 11.6 Å². The molecule has 0 unspecified atom stereocenters. The van der Waals surface area contributed by atoms with Gasteiger partial charge < -0.3 is 4.74 Å². The average Bonchev–Trinajstić information content (AvgIpc) is 2.36. The fourth-order valence-corrected chi connectivity index (χ4v) is 2.00. The smallest absolute Gasteiger partial charge is 0.405 e. The zero-order valence-corrected chi connectivity index (χ0v) is 10.7. The summed E-state index contributed by atoms with van der Waals surface area (Å²) in [6.07, 6.45) is -4.22. The van der Waals surface area contributed by atoms with Gasteiger partial charge in [0.2, 0.25) is 0 Å². The second-order valence-corrected chi connectivity index (χ2v) is 4.37. The highest BCUT2D eigenvalue weighted by Crippen LogP contribution is 2.35. The molecule has 0 aliphatic heterocycles. The van der Waals surface area contributed by atoms with E-state index in [0.717, 1.165) is 0 Å². The highest BCUT2D eigenvalue weighted by Gasteiger charge is 2.32. The SMILES string of the molecule is O=Cc1cc(Cl)cc(-c2ccccc2OC(F)(F)F)c1. The highest BCUT2D eigenvalue weighted by molar-refractivity contribution is 6.31. The molecule has 0 N–H and O–H groups in total. The number of benzene rings is 2. The van der Waals surface area contributed by atoms with E-state index in [1.165, 1.54) is 36.4 Å².